The average Bonchev–Trinajstić information content (AvgIpc) is 3.26. The smallest absolute Gasteiger partial charge is 0.204 e. The van der Waals surface area contributed by atoms with Gasteiger partial charge in [-0.3, -0.25) is 10.2 Å². The number of carbonyl (C=O) groups excluding carboxylic acids is 1. The number of para-hydroxylation sites is 1. The van der Waals surface area contributed by atoms with Gasteiger partial charge in [0.25, 0.3) is 0 Å². The maximum atomic E-state index is 13.1. The standard InChI is InChI=1S/C27H24FN3O2S/c1-3-17(2)22-15-18(16-29-31-27-30-23-6-4-5-7-25(23)34-27)14-20(26(22)33)10-13-24(32)19-8-11-21(28)12-9-19/h4-17,33H,3H2,1-2H3,(H,30,31)/b13-10+,29-16+. The second-order valence-electron chi connectivity index (χ2n) is 7.92. The largest absolute Gasteiger partial charge is 0.507 e. The van der Waals surface area contributed by atoms with Crippen molar-refractivity contribution in [3.63, 3.8) is 0 Å². The van der Waals surface area contributed by atoms with Crippen LogP contribution in [0.3, 0.4) is 0 Å². The lowest BCUT2D eigenvalue weighted by Gasteiger charge is -2.14. The third-order valence-corrected chi connectivity index (χ3v) is 6.49. The SMILES string of the molecule is CCC(C)c1cc(/C=N/Nc2nc3ccccc3s2)cc(/C=C/C(=O)c2ccc(F)cc2)c1O. The van der Waals surface area contributed by atoms with E-state index >= 15 is 0 Å². The number of halogens is 1. The quantitative estimate of drug-likeness (QED) is 0.125. The summed E-state index contributed by atoms with van der Waals surface area (Å²) in [6, 6.07) is 16.9. The molecule has 172 valence electrons. The van der Waals surface area contributed by atoms with Crippen molar-refractivity contribution >= 4 is 44.8 Å². The number of hydrogen-bond acceptors (Lipinski definition) is 6. The molecule has 0 aliphatic heterocycles. The topological polar surface area (TPSA) is 74.6 Å². The fraction of sp³-hybridized carbons (Fsp3) is 0.148. The number of phenolic OH excluding ortho intramolecular Hbond substituents is 1. The Hall–Kier alpha value is -3.84. The van der Waals surface area contributed by atoms with Gasteiger partial charge in [-0.1, -0.05) is 37.3 Å². The predicted molar refractivity (Wildman–Crippen MR) is 137 cm³/mol. The van der Waals surface area contributed by atoms with Crippen LogP contribution in [-0.2, 0) is 0 Å². The predicted octanol–water partition coefficient (Wildman–Crippen LogP) is 7.00. The second kappa shape index (κ2) is 10.4. The molecule has 7 heteroatoms. The molecule has 4 rings (SSSR count). The number of nitrogens with zero attached hydrogens (tertiary/aromatic N) is 2. The van der Waals surface area contributed by atoms with Crippen LogP contribution in [0.2, 0.25) is 0 Å². The van der Waals surface area contributed by atoms with E-state index in [0.717, 1.165) is 27.8 Å². The Kier molecular flexibility index (Phi) is 7.13. The number of nitrogens with one attached hydrogen (secondary N) is 1. The summed E-state index contributed by atoms with van der Waals surface area (Å²) in [4.78, 5) is 17.0. The summed E-state index contributed by atoms with van der Waals surface area (Å²) in [6.45, 7) is 4.08. The first-order chi connectivity index (χ1) is 16.4. The number of hydrazone groups is 1. The van der Waals surface area contributed by atoms with Crippen molar-refractivity contribution in [1.29, 1.82) is 0 Å². The normalized spacial score (nSPS) is 12.6. The summed E-state index contributed by atoms with van der Waals surface area (Å²) >= 11 is 1.51. The number of hydrogen-bond donors (Lipinski definition) is 2. The van der Waals surface area contributed by atoms with Gasteiger partial charge in [0.15, 0.2) is 5.78 Å². The van der Waals surface area contributed by atoms with Gasteiger partial charge in [0, 0.05) is 11.1 Å². The zero-order chi connectivity index (χ0) is 24.1. The molecule has 0 amide bonds. The highest BCUT2D eigenvalue weighted by Gasteiger charge is 2.13. The van der Waals surface area contributed by atoms with Gasteiger partial charge in [0.05, 0.1) is 16.4 Å². The van der Waals surface area contributed by atoms with E-state index in [2.05, 4.69) is 15.5 Å². The third-order valence-electron chi connectivity index (χ3n) is 5.55. The Labute approximate surface area is 201 Å². The fourth-order valence-corrected chi connectivity index (χ4v) is 4.27. The zero-order valence-corrected chi connectivity index (χ0v) is 19.6. The molecule has 1 unspecified atom stereocenters. The number of benzene rings is 3. The molecule has 3 aromatic carbocycles. The molecular formula is C27H24FN3O2S. The lowest BCUT2D eigenvalue weighted by atomic mass is 9.93. The molecule has 0 aliphatic rings. The maximum absolute atomic E-state index is 13.1. The van der Waals surface area contributed by atoms with Crippen LogP contribution in [0.4, 0.5) is 9.52 Å². The summed E-state index contributed by atoms with van der Waals surface area (Å²) in [7, 11) is 0. The van der Waals surface area contributed by atoms with Crippen LogP contribution in [0.1, 0.15) is 53.2 Å². The van der Waals surface area contributed by atoms with Crippen LogP contribution in [0.5, 0.6) is 5.75 Å². The minimum absolute atomic E-state index is 0.116. The molecule has 34 heavy (non-hydrogen) atoms. The van der Waals surface area contributed by atoms with E-state index in [0.29, 0.717) is 16.3 Å². The number of thiazole rings is 1. The lowest BCUT2D eigenvalue weighted by Crippen LogP contribution is -1.98. The highest BCUT2D eigenvalue weighted by Crippen LogP contribution is 2.33. The minimum atomic E-state index is -0.400. The molecule has 0 spiro atoms. The van der Waals surface area contributed by atoms with Crippen molar-refractivity contribution in [2.75, 3.05) is 5.43 Å². The van der Waals surface area contributed by atoms with E-state index in [1.54, 1.807) is 18.4 Å². The maximum Gasteiger partial charge on any atom is 0.204 e. The Morgan fingerprint density at radius 2 is 1.97 bits per heavy atom. The minimum Gasteiger partial charge on any atom is -0.507 e. The van der Waals surface area contributed by atoms with Crippen molar-refractivity contribution in [2.24, 2.45) is 5.10 Å². The number of allylic oxidation sites excluding steroid dienone is 1. The number of carbonyl (C=O) groups is 1. The van der Waals surface area contributed by atoms with Gasteiger partial charge in [0.2, 0.25) is 5.13 Å². The van der Waals surface area contributed by atoms with Crippen LogP contribution < -0.4 is 5.43 Å². The summed E-state index contributed by atoms with van der Waals surface area (Å²) in [5, 5.41) is 15.8. The fourth-order valence-electron chi connectivity index (χ4n) is 3.46. The molecule has 5 nitrogen and oxygen atoms in total. The molecule has 1 heterocycles. The zero-order valence-electron chi connectivity index (χ0n) is 18.8. The van der Waals surface area contributed by atoms with Crippen LogP contribution in [0.25, 0.3) is 16.3 Å². The summed E-state index contributed by atoms with van der Waals surface area (Å²) < 4.78 is 14.2. The average molecular weight is 474 g/mol. The summed E-state index contributed by atoms with van der Waals surface area (Å²) in [5.74, 6) is -0.428. The van der Waals surface area contributed by atoms with Gasteiger partial charge < -0.3 is 5.11 Å². The highest BCUT2D eigenvalue weighted by atomic mass is 32.1. The van der Waals surface area contributed by atoms with E-state index in [1.807, 2.05) is 44.2 Å². The van der Waals surface area contributed by atoms with Crippen LogP contribution in [-0.4, -0.2) is 22.1 Å². The van der Waals surface area contributed by atoms with Gasteiger partial charge in [-0.05, 0) is 84.1 Å². The first-order valence-corrected chi connectivity index (χ1v) is 11.8. The van der Waals surface area contributed by atoms with Gasteiger partial charge in [-0.15, -0.1) is 0 Å². The van der Waals surface area contributed by atoms with Gasteiger partial charge in [-0.25, -0.2) is 9.37 Å². The molecule has 1 aromatic heterocycles. The van der Waals surface area contributed by atoms with Gasteiger partial charge in [0.1, 0.15) is 11.6 Å². The van der Waals surface area contributed by atoms with Crippen LogP contribution in [0.15, 0.2) is 71.8 Å². The third kappa shape index (κ3) is 5.38. The van der Waals surface area contributed by atoms with Crippen molar-refractivity contribution in [2.45, 2.75) is 26.2 Å². The van der Waals surface area contributed by atoms with E-state index in [9.17, 15) is 14.3 Å². The molecule has 1 atom stereocenters. The Bertz CT molecular complexity index is 1340. The molecule has 0 radical (unpaired) electrons. The Balaban J connectivity index is 1.59. The molecule has 0 bridgehead atoms. The van der Waals surface area contributed by atoms with Gasteiger partial charge in [-0.2, -0.15) is 5.10 Å². The van der Waals surface area contributed by atoms with E-state index in [-0.39, 0.29) is 17.5 Å². The Morgan fingerprint density at radius 3 is 2.71 bits per heavy atom. The number of phenols is 1. The number of aromatic nitrogens is 1. The summed E-state index contributed by atoms with van der Waals surface area (Å²) in [5.41, 5.74) is 6.31. The van der Waals surface area contributed by atoms with Gasteiger partial charge >= 0.3 is 0 Å². The van der Waals surface area contributed by atoms with E-state index in [1.165, 1.54) is 41.7 Å². The monoisotopic (exact) mass is 473 g/mol. The number of rotatable bonds is 8. The first kappa shape index (κ1) is 23.3. The molecule has 0 saturated carbocycles. The van der Waals surface area contributed by atoms with Crippen molar-refractivity contribution < 1.29 is 14.3 Å². The molecule has 0 aliphatic carbocycles. The number of ketones is 1. The van der Waals surface area contributed by atoms with E-state index < -0.39 is 5.82 Å². The molecule has 0 saturated heterocycles. The highest BCUT2D eigenvalue weighted by molar-refractivity contribution is 7.22. The molecular weight excluding hydrogens is 449 g/mol. The number of aromatic hydroxyl groups is 1. The first-order valence-electron chi connectivity index (χ1n) is 10.9. The lowest BCUT2D eigenvalue weighted by molar-refractivity contribution is 0.104. The Morgan fingerprint density at radius 1 is 1.21 bits per heavy atom. The van der Waals surface area contributed by atoms with Crippen LogP contribution in [0, 0.1) is 5.82 Å². The van der Waals surface area contributed by atoms with Crippen molar-refractivity contribution in [3.05, 3.63) is 94.8 Å². The van der Waals surface area contributed by atoms with Crippen molar-refractivity contribution in [1.82, 2.24) is 4.98 Å². The van der Waals surface area contributed by atoms with Crippen molar-refractivity contribution in [3.8, 4) is 5.75 Å². The number of fused-ring (bicyclic) bond motifs is 1. The summed E-state index contributed by atoms with van der Waals surface area (Å²) in [6.07, 6.45) is 5.46. The molecule has 4 aromatic rings. The second-order valence-corrected chi connectivity index (χ2v) is 8.95. The van der Waals surface area contributed by atoms with Crippen LogP contribution >= 0.6 is 11.3 Å². The molecule has 0 fully saturated rings. The molecule has 2 N–H and O–H groups in total. The number of anilines is 1. The van der Waals surface area contributed by atoms with E-state index in [4.69, 9.17) is 0 Å².